The van der Waals surface area contributed by atoms with E-state index in [4.69, 9.17) is 10.3 Å². The van der Waals surface area contributed by atoms with Gasteiger partial charge in [0.1, 0.15) is 0 Å². The van der Waals surface area contributed by atoms with Gasteiger partial charge in [-0.25, -0.2) is 0 Å². The highest BCUT2D eigenvalue weighted by Gasteiger charge is 2.36. The number of nitrogens with zero attached hydrogens (tertiary/aromatic N) is 3. The van der Waals surface area contributed by atoms with Crippen molar-refractivity contribution in [1.29, 1.82) is 0 Å². The number of hydrogen-bond acceptors (Lipinski definition) is 5. The number of carbonyl (C=O) groups excluding carboxylic acids is 1. The zero-order chi connectivity index (χ0) is 13.3. The molecule has 1 aliphatic carbocycles. The van der Waals surface area contributed by atoms with Crippen molar-refractivity contribution in [2.75, 3.05) is 6.54 Å². The van der Waals surface area contributed by atoms with E-state index in [1.54, 1.807) is 4.90 Å². The van der Waals surface area contributed by atoms with E-state index in [0.717, 1.165) is 45.1 Å². The molecule has 2 N–H and O–H groups in total. The van der Waals surface area contributed by atoms with E-state index in [9.17, 15) is 4.79 Å². The van der Waals surface area contributed by atoms with Gasteiger partial charge in [-0.3, -0.25) is 4.79 Å². The monoisotopic (exact) mass is 300 g/mol. The van der Waals surface area contributed by atoms with Gasteiger partial charge in [-0.05, 0) is 25.7 Å². The van der Waals surface area contributed by atoms with Crippen LogP contribution in [0.2, 0.25) is 0 Å². The summed E-state index contributed by atoms with van der Waals surface area (Å²) < 4.78 is 5.26. The first-order valence-electron chi connectivity index (χ1n) is 7.07. The molecule has 0 spiro atoms. The Balaban J connectivity index is 0.00000147. The van der Waals surface area contributed by atoms with E-state index in [0.29, 0.717) is 24.7 Å². The topological polar surface area (TPSA) is 85.2 Å². The van der Waals surface area contributed by atoms with Crippen LogP contribution >= 0.6 is 12.4 Å². The highest BCUT2D eigenvalue weighted by atomic mass is 35.5. The van der Waals surface area contributed by atoms with Crippen LogP contribution in [0.3, 0.4) is 0 Å². The summed E-state index contributed by atoms with van der Waals surface area (Å²) in [5.41, 5.74) is 5.87. The van der Waals surface area contributed by atoms with Crippen LogP contribution in [-0.2, 0) is 16.9 Å². The van der Waals surface area contributed by atoms with E-state index in [2.05, 4.69) is 10.1 Å². The van der Waals surface area contributed by atoms with Crippen LogP contribution in [0, 0.1) is 0 Å². The molecular weight excluding hydrogens is 280 g/mol. The SMILES string of the molecule is Cl.NC1(c2noc(CN3CCCCC3=O)n2)CCCC1. The summed E-state index contributed by atoms with van der Waals surface area (Å²) in [7, 11) is 0. The molecule has 7 heteroatoms. The number of rotatable bonds is 3. The average molecular weight is 301 g/mol. The molecule has 112 valence electrons. The normalized spacial score (nSPS) is 21.9. The van der Waals surface area contributed by atoms with Gasteiger partial charge in [-0.15, -0.1) is 12.4 Å². The van der Waals surface area contributed by atoms with E-state index >= 15 is 0 Å². The van der Waals surface area contributed by atoms with E-state index < -0.39 is 5.54 Å². The molecule has 20 heavy (non-hydrogen) atoms. The van der Waals surface area contributed by atoms with E-state index in [1.165, 1.54) is 0 Å². The van der Waals surface area contributed by atoms with Crippen molar-refractivity contribution in [3.05, 3.63) is 11.7 Å². The van der Waals surface area contributed by atoms with Crippen molar-refractivity contribution in [2.45, 2.75) is 57.0 Å². The highest BCUT2D eigenvalue weighted by Crippen LogP contribution is 2.34. The molecule has 0 bridgehead atoms. The van der Waals surface area contributed by atoms with Crippen LogP contribution in [0.1, 0.15) is 56.7 Å². The zero-order valence-electron chi connectivity index (χ0n) is 11.5. The van der Waals surface area contributed by atoms with Gasteiger partial charge in [0.2, 0.25) is 11.8 Å². The summed E-state index contributed by atoms with van der Waals surface area (Å²) in [4.78, 5) is 17.9. The molecular formula is C13H21ClN4O2. The fourth-order valence-corrected chi connectivity index (χ4v) is 2.94. The fourth-order valence-electron chi connectivity index (χ4n) is 2.94. The third-order valence-electron chi connectivity index (χ3n) is 4.16. The van der Waals surface area contributed by atoms with Crippen molar-refractivity contribution in [3.63, 3.8) is 0 Å². The molecule has 3 rings (SSSR count). The molecule has 0 atom stereocenters. The summed E-state index contributed by atoms with van der Waals surface area (Å²) in [5.74, 6) is 1.28. The lowest BCUT2D eigenvalue weighted by molar-refractivity contribution is -0.134. The van der Waals surface area contributed by atoms with Gasteiger partial charge in [0.05, 0.1) is 12.1 Å². The predicted molar refractivity (Wildman–Crippen MR) is 75.1 cm³/mol. The summed E-state index contributed by atoms with van der Waals surface area (Å²) in [6.07, 6.45) is 6.71. The lowest BCUT2D eigenvalue weighted by Gasteiger charge is -2.24. The zero-order valence-corrected chi connectivity index (χ0v) is 12.3. The van der Waals surface area contributed by atoms with Crippen molar-refractivity contribution in [3.8, 4) is 0 Å². The second-order valence-electron chi connectivity index (χ2n) is 5.65. The third kappa shape index (κ3) is 2.96. The molecule has 0 aromatic carbocycles. The van der Waals surface area contributed by atoms with Gasteiger partial charge in [-0.2, -0.15) is 4.98 Å². The summed E-state index contributed by atoms with van der Waals surface area (Å²) in [6.45, 7) is 1.20. The molecule has 6 nitrogen and oxygen atoms in total. The Morgan fingerprint density at radius 1 is 1.25 bits per heavy atom. The largest absolute Gasteiger partial charge is 0.337 e. The van der Waals surface area contributed by atoms with Crippen LogP contribution in [0.5, 0.6) is 0 Å². The maximum Gasteiger partial charge on any atom is 0.246 e. The number of piperidine rings is 1. The van der Waals surface area contributed by atoms with Gasteiger partial charge in [0, 0.05) is 13.0 Å². The molecule has 1 aromatic heterocycles. The second-order valence-corrected chi connectivity index (χ2v) is 5.65. The Morgan fingerprint density at radius 2 is 2.00 bits per heavy atom. The minimum Gasteiger partial charge on any atom is -0.337 e. The first-order chi connectivity index (χ1) is 9.17. The summed E-state index contributed by atoms with van der Waals surface area (Å²) in [5, 5.41) is 4.01. The lowest BCUT2D eigenvalue weighted by atomic mass is 9.99. The first kappa shape index (κ1) is 15.3. The van der Waals surface area contributed by atoms with Crippen molar-refractivity contribution >= 4 is 18.3 Å². The van der Waals surface area contributed by atoms with Crippen LogP contribution < -0.4 is 5.73 Å². The average Bonchev–Trinajstić information content (AvgIpc) is 3.02. The Kier molecular flexibility index (Phi) is 4.65. The number of nitrogens with two attached hydrogens (primary N) is 1. The van der Waals surface area contributed by atoms with Crippen LogP contribution in [0.15, 0.2) is 4.52 Å². The number of halogens is 1. The molecule has 2 aliphatic rings. The van der Waals surface area contributed by atoms with Crippen LogP contribution in [-0.4, -0.2) is 27.5 Å². The molecule has 2 fully saturated rings. The van der Waals surface area contributed by atoms with E-state index in [-0.39, 0.29) is 18.3 Å². The second kappa shape index (κ2) is 6.10. The maximum absolute atomic E-state index is 11.7. The quantitative estimate of drug-likeness (QED) is 0.919. The van der Waals surface area contributed by atoms with Crippen LogP contribution in [0.4, 0.5) is 0 Å². The standard InChI is InChI=1S/C13H20N4O2.ClH/c14-13(6-2-3-7-13)12-15-10(19-16-12)9-17-8-4-1-5-11(17)18;/h1-9,14H2;1H. The molecule has 1 aliphatic heterocycles. The van der Waals surface area contributed by atoms with Crippen LogP contribution in [0.25, 0.3) is 0 Å². The molecule has 1 aromatic rings. The van der Waals surface area contributed by atoms with Gasteiger partial charge in [0.15, 0.2) is 5.82 Å². The summed E-state index contributed by atoms with van der Waals surface area (Å²) in [6, 6.07) is 0. The number of hydrogen-bond donors (Lipinski definition) is 1. The van der Waals surface area contributed by atoms with Gasteiger partial charge in [0.25, 0.3) is 0 Å². The number of aromatic nitrogens is 2. The van der Waals surface area contributed by atoms with Gasteiger partial charge in [-0.1, -0.05) is 18.0 Å². The Morgan fingerprint density at radius 3 is 2.70 bits per heavy atom. The smallest absolute Gasteiger partial charge is 0.246 e. The van der Waals surface area contributed by atoms with E-state index in [1.807, 2.05) is 0 Å². The molecule has 1 saturated carbocycles. The Hall–Kier alpha value is -1.14. The molecule has 0 unspecified atom stereocenters. The Bertz CT molecular complexity index is 471. The van der Waals surface area contributed by atoms with Gasteiger partial charge >= 0.3 is 0 Å². The van der Waals surface area contributed by atoms with Crippen molar-refractivity contribution in [1.82, 2.24) is 15.0 Å². The first-order valence-corrected chi connectivity index (χ1v) is 7.07. The van der Waals surface area contributed by atoms with Crippen molar-refractivity contribution < 1.29 is 9.32 Å². The third-order valence-corrected chi connectivity index (χ3v) is 4.16. The number of amides is 1. The number of carbonyl (C=O) groups is 1. The Labute approximate surface area is 124 Å². The number of likely N-dealkylation sites (tertiary alicyclic amines) is 1. The molecule has 1 saturated heterocycles. The lowest BCUT2D eigenvalue weighted by Crippen LogP contribution is -2.35. The maximum atomic E-state index is 11.7. The fraction of sp³-hybridized carbons (Fsp3) is 0.769. The summed E-state index contributed by atoms with van der Waals surface area (Å²) >= 11 is 0. The molecule has 0 radical (unpaired) electrons. The highest BCUT2D eigenvalue weighted by molar-refractivity contribution is 5.85. The minimum absolute atomic E-state index is 0. The molecule has 1 amide bonds. The van der Waals surface area contributed by atoms with Gasteiger partial charge < -0.3 is 15.2 Å². The predicted octanol–water partition coefficient (Wildman–Crippen LogP) is 1.73. The van der Waals surface area contributed by atoms with Crippen molar-refractivity contribution in [2.24, 2.45) is 5.73 Å². The molecule has 2 heterocycles. The minimum atomic E-state index is -0.423.